The van der Waals surface area contributed by atoms with Crippen molar-refractivity contribution < 1.29 is 53.7 Å². The van der Waals surface area contributed by atoms with E-state index < -0.39 is 35.9 Å². The third-order valence-corrected chi connectivity index (χ3v) is 9.28. The van der Waals surface area contributed by atoms with E-state index in [9.17, 15) is 33.6 Å². The van der Waals surface area contributed by atoms with Crippen LogP contribution in [0.1, 0.15) is 52.5 Å². The van der Waals surface area contributed by atoms with E-state index in [0.29, 0.717) is 71.6 Å². The highest BCUT2D eigenvalue weighted by Gasteiger charge is 2.29. The number of unbranched alkanes of at least 4 members (excludes halogenated alkanes) is 1. The number of primary amides is 1. The summed E-state index contributed by atoms with van der Waals surface area (Å²) >= 11 is 4.82. The maximum absolute atomic E-state index is 12.9. The van der Waals surface area contributed by atoms with Crippen molar-refractivity contribution in [2.75, 3.05) is 91.0 Å². The molecule has 1 heterocycles. The number of carboxylic acid groups (broad SMARTS) is 3. The van der Waals surface area contributed by atoms with Crippen LogP contribution in [-0.4, -0.2) is 192 Å². The van der Waals surface area contributed by atoms with Gasteiger partial charge in [0.15, 0.2) is 0 Å². The molecule has 10 N–H and O–H groups in total. The van der Waals surface area contributed by atoms with Crippen molar-refractivity contribution in [3.05, 3.63) is 35.9 Å². The van der Waals surface area contributed by atoms with Crippen LogP contribution in [0.3, 0.4) is 0 Å². The van der Waals surface area contributed by atoms with E-state index in [1.54, 1.807) is 19.6 Å². The molecule has 4 amide bonds. The number of benzene rings is 1. The predicted octanol–water partition coefficient (Wildman–Crippen LogP) is -1.12. The zero-order valence-electron chi connectivity index (χ0n) is 35.9. The second-order valence-corrected chi connectivity index (χ2v) is 15.2. The Hall–Kier alpha value is -4.73. The van der Waals surface area contributed by atoms with Crippen LogP contribution < -0.4 is 27.4 Å². The van der Waals surface area contributed by atoms with Crippen molar-refractivity contribution in [2.24, 2.45) is 17.4 Å². The molecule has 2 unspecified atom stereocenters. The minimum Gasteiger partial charge on any atom is -0.480 e. The summed E-state index contributed by atoms with van der Waals surface area (Å²) in [4.78, 5) is 97.6. The van der Waals surface area contributed by atoms with Gasteiger partial charge >= 0.3 is 17.9 Å². The van der Waals surface area contributed by atoms with E-state index in [1.165, 1.54) is 6.92 Å². The first-order valence-corrected chi connectivity index (χ1v) is 20.8. The molecule has 1 aliphatic heterocycles. The molecule has 1 aromatic rings. The first kappa shape index (κ1) is 56.3. The van der Waals surface area contributed by atoms with E-state index >= 15 is 0 Å². The second kappa shape index (κ2) is 33.0. The van der Waals surface area contributed by atoms with Gasteiger partial charge in [0, 0.05) is 71.7 Å². The lowest BCUT2D eigenvalue weighted by molar-refractivity contribution is -0.140. The molecule has 2 rings (SSSR count). The summed E-state index contributed by atoms with van der Waals surface area (Å²) in [7, 11) is 0. The summed E-state index contributed by atoms with van der Waals surface area (Å²) in [5, 5.41) is 35.8. The Bertz CT molecular complexity index is 1380. The van der Waals surface area contributed by atoms with E-state index in [2.05, 4.69) is 16.0 Å². The smallest absolute Gasteiger partial charge is 0.317 e. The Morgan fingerprint density at radius 3 is 1.48 bits per heavy atom. The number of carbonyl (C=O) groups excluding carboxylic acids is 5. The lowest BCUT2D eigenvalue weighted by atomic mass is 10.0. The number of nitrogens with zero attached hydrogens (tertiary/aromatic N) is 4. The van der Waals surface area contributed by atoms with Gasteiger partial charge in [-0.1, -0.05) is 50.6 Å². The van der Waals surface area contributed by atoms with E-state index in [-0.39, 0.29) is 61.7 Å². The molecule has 1 saturated heterocycles. The standard InChI is InChI=1S/C22H36N4O3.C16H29N5O7.C2H3ClO/c1-15(2)20(25-17(4)27)22(29)26-19(14-18-11-6-5-7-12-18)21(28)24-16(3)10-8-9-13-23;17-13(22)9-18-1-3-19(10-14(23)24)5-7-21(12-16(27)28)8-6-20(4-2-18)11-15(25)26;3-1-2-4/h5-7,11-12,15-16,19-20H,8-10,13-14,23H2,1-4H3,(H,24,28)(H,25,27)(H,26,29);1-12H2,(H2,17,22)(H,23,24)(H,25,26)(H,27,28);2H,1H2/t16?,19-,20?;;/m0../s1. The van der Waals surface area contributed by atoms with Crippen molar-refractivity contribution in [3.8, 4) is 0 Å². The Morgan fingerprint density at radius 1 is 0.705 bits per heavy atom. The first-order valence-electron chi connectivity index (χ1n) is 20.3. The topological polar surface area (TPSA) is 298 Å². The number of carboxylic acids is 3. The molecule has 0 bridgehead atoms. The number of hydrogen-bond donors (Lipinski definition) is 8. The van der Waals surface area contributed by atoms with Gasteiger partial charge < -0.3 is 47.5 Å². The Labute approximate surface area is 363 Å². The third-order valence-electron chi connectivity index (χ3n) is 9.15. The highest BCUT2D eigenvalue weighted by atomic mass is 35.5. The van der Waals surface area contributed by atoms with Crippen molar-refractivity contribution in [1.82, 2.24) is 35.6 Å². The van der Waals surface area contributed by atoms with Gasteiger partial charge in [-0.05, 0) is 37.8 Å². The maximum atomic E-state index is 12.9. The Balaban J connectivity index is 0.00000108. The summed E-state index contributed by atoms with van der Waals surface area (Å²) < 4.78 is 0. The van der Waals surface area contributed by atoms with Gasteiger partial charge in [-0.15, -0.1) is 11.6 Å². The molecule has 3 atom stereocenters. The molecule has 0 spiro atoms. The van der Waals surface area contributed by atoms with E-state index in [0.717, 1.165) is 24.8 Å². The van der Waals surface area contributed by atoms with Gasteiger partial charge in [-0.25, -0.2) is 0 Å². The summed E-state index contributed by atoms with van der Waals surface area (Å²) in [5.74, 6) is -4.37. The molecule has 346 valence electrons. The highest BCUT2D eigenvalue weighted by molar-refractivity contribution is 6.24. The molecule has 0 aromatic heterocycles. The lowest BCUT2D eigenvalue weighted by Crippen LogP contribution is -2.56. The number of nitrogens with two attached hydrogens (primary N) is 2. The number of aliphatic carboxylic acids is 3. The first-order chi connectivity index (χ1) is 28.8. The molecule has 1 aliphatic rings. The summed E-state index contributed by atoms with van der Waals surface area (Å²) in [6.07, 6.45) is 3.69. The number of amides is 4. The van der Waals surface area contributed by atoms with Crippen LogP contribution in [0.5, 0.6) is 0 Å². The van der Waals surface area contributed by atoms with Gasteiger partial charge in [-0.2, -0.15) is 0 Å². The minimum atomic E-state index is -1.01. The van der Waals surface area contributed by atoms with Crippen molar-refractivity contribution in [3.63, 3.8) is 0 Å². The number of nitrogens with one attached hydrogen (secondary N) is 3. The summed E-state index contributed by atoms with van der Waals surface area (Å²) in [6.45, 7) is 9.87. The molecule has 21 heteroatoms. The Morgan fingerprint density at radius 2 is 1.13 bits per heavy atom. The van der Waals surface area contributed by atoms with Crippen LogP contribution in [0.25, 0.3) is 0 Å². The zero-order valence-corrected chi connectivity index (χ0v) is 36.7. The predicted molar refractivity (Wildman–Crippen MR) is 230 cm³/mol. The van der Waals surface area contributed by atoms with Crippen LogP contribution in [0.15, 0.2) is 30.3 Å². The fraction of sp³-hybridized carbons (Fsp3) is 0.650. The number of carbonyl (C=O) groups is 8. The third kappa shape index (κ3) is 29.2. The molecule has 0 radical (unpaired) electrons. The van der Waals surface area contributed by atoms with Crippen molar-refractivity contribution >= 4 is 59.4 Å². The van der Waals surface area contributed by atoms with Gasteiger partial charge in [0.2, 0.25) is 23.6 Å². The number of rotatable bonds is 21. The molecule has 0 aliphatic carbocycles. The highest BCUT2D eigenvalue weighted by Crippen LogP contribution is 2.08. The number of halogens is 1. The fourth-order valence-corrected chi connectivity index (χ4v) is 6.09. The van der Waals surface area contributed by atoms with Crippen LogP contribution in [0, 0.1) is 5.92 Å². The monoisotopic (exact) mass is 885 g/mol. The Kier molecular flexibility index (Phi) is 30.4. The SMILES string of the molecule is CC(=O)NC(C(=O)N[C@@H](Cc1ccccc1)C(=O)NC(C)CCCCN)C(C)C.NC(=O)CN1CCN(CC(=O)O)CCN(CC(=O)O)CCN(CC(=O)O)CC1.O=CCCl. The quantitative estimate of drug-likeness (QED) is 0.0412. The summed E-state index contributed by atoms with van der Waals surface area (Å²) in [6, 6.07) is 8.11. The number of hydrogen-bond acceptors (Lipinski definition) is 13. The molecular weight excluding hydrogens is 818 g/mol. The number of alkyl halides is 1. The van der Waals surface area contributed by atoms with Crippen LogP contribution >= 0.6 is 11.6 Å². The molecule has 20 nitrogen and oxygen atoms in total. The normalized spacial score (nSPS) is 16.0. The van der Waals surface area contributed by atoms with Crippen LogP contribution in [-0.2, 0) is 44.8 Å². The van der Waals surface area contributed by atoms with Crippen molar-refractivity contribution in [2.45, 2.75) is 71.5 Å². The van der Waals surface area contributed by atoms with Gasteiger partial charge in [0.05, 0.1) is 32.1 Å². The molecule has 1 aromatic carbocycles. The van der Waals surface area contributed by atoms with Crippen LogP contribution in [0.2, 0.25) is 0 Å². The fourth-order valence-electron chi connectivity index (χ4n) is 6.09. The van der Waals surface area contributed by atoms with Crippen molar-refractivity contribution in [1.29, 1.82) is 0 Å². The second-order valence-electron chi connectivity index (χ2n) is 14.9. The number of aldehydes is 1. The summed E-state index contributed by atoms with van der Waals surface area (Å²) in [5.41, 5.74) is 11.8. The lowest BCUT2D eigenvalue weighted by Gasteiger charge is -2.32. The van der Waals surface area contributed by atoms with E-state index in [1.807, 2.05) is 51.1 Å². The average Bonchev–Trinajstić information content (AvgIpc) is 3.17. The van der Waals surface area contributed by atoms with Gasteiger partial charge in [0.1, 0.15) is 18.4 Å². The average molecular weight is 886 g/mol. The van der Waals surface area contributed by atoms with Gasteiger partial charge in [-0.3, -0.25) is 53.2 Å². The molecule has 61 heavy (non-hydrogen) atoms. The zero-order chi connectivity index (χ0) is 46.3. The van der Waals surface area contributed by atoms with Crippen LogP contribution in [0.4, 0.5) is 0 Å². The molecule has 0 saturated carbocycles. The molecule has 1 fully saturated rings. The maximum Gasteiger partial charge on any atom is 0.317 e. The largest absolute Gasteiger partial charge is 0.480 e. The van der Waals surface area contributed by atoms with Gasteiger partial charge in [0.25, 0.3) is 0 Å². The molecular formula is C40H68ClN9O11. The minimum absolute atomic E-state index is 0.00698. The van der Waals surface area contributed by atoms with E-state index in [4.69, 9.17) is 43.2 Å².